The highest BCUT2D eigenvalue weighted by atomic mass is 16.5. The molecule has 0 atom stereocenters. The number of methoxy groups -OCH3 is 1. The summed E-state index contributed by atoms with van der Waals surface area (Å²) in [4.78, 5) is 15.5. The third-order valence-corrected chi connectivity index (χ3v) is 5.54. The number of carbonyl (C=O) groups is 1. The molecule has 1 heterocycles. The molecular weight excluding hydrogens is 350 g/mol. The van der Waals surface area contributed by atoms with Gasteiger partial charge in [-0.25, -0.2) is 0 Å². The van der Waals surface area contributed by atoms with Crippen LogP contribution in [0.4, 0.5) is 5.69 Å². The number of carbonyl (C=O) groups excluding carboxylic acids is 1. The van der Waals surface area contributed by atoms with Crippen LogP contribution in [0.2, 0.25) is 0 Å². The Morgan fingerprint density at radius 3 is 2.29 bits per heavy atom. The average Bonchev–Trinajstić information content (AvgIpc) is 2.70. The van der Waals surface area contributed by atoms with Crippen LogP contribution in [-0.4, -0.2) is 45.7 Å². The summed E-state index contributed by atoms with van der Waals surface area (Å²) in [7, 11) is 1.69. The van der Waals surface area contributed by atoms with Crippen molar-refractivity contribution in [3.63, 3.8) is 0 Å². The molecule has 5 nitrogen and oxygen atoms in total. The smallest absolute Gasteiger partial charge is 0.279 e. The third-order valence-electron chi connectivity index (χ3n) is 5.54. The molecule has 1 saturated heterocycles. The third kappa shape index (κ3) is 5.57. The number of hydrogen-bond acceptors (Lipinski definition) is 2. The molecule has 1 fully saturated rings. The maximum absolute atomic E-state index is 12.5. The summed E-state index contributed by atoms with van der Waals surface area (Å²) in [6, 6.07) is 16.4. The Balaban J connectivity index is 1.45. The first-order valence-corrected chi connectivity index (χ1v) is 10.2. The molecular formula is C23H33N3O2+2. The standard InChI is InChI=1S/C23H31N3O2/c1-18(2)21-6-4-5-7-22(21)24-23(27)17-26-14-12-25(13-15-26)16-19-8-10-20(28-3)11-9-19/h4-11,18H,12-17H2,1-3H3,(H,24,27)/p+2. The van der Waals surface area contributed by atoms with Gasteiger partial charge in [-0.15, -0.1) is 0 Å². The predicted octanol–water partition coefficient (Wildman–Crippen LogP) is 0.741. The highest BCUT2D eigenvalue weighted by Crippen LogP contribution is 2.23. The van der Waals surface area contributed by atoms with Crippen LogP contribution in [0, 0.1) is 0 Å². The van der Waals surface area contributed by atoms with E-state index in [1.54, 1.807) is 12.0 Å². The maximum Gasteiger partial charge on any atom is 0.279 e. The van der Waals surface area contributed by atoms with Crippen molar-refractivity contribution in [2.24, 2.45) is 0 Å². The predicted molar refractivity (Wildman–Crippen MR) is 112 cm³/mol. The molecule has 28 heavy (non-hydrogen) atoms. The van der Waals surface area contributed by atoms with Crippen LogP contribution < -0.4 is 19.9 Å². The van der Waals surface area contributed by atoms with Crippen LogP contribution in [0.5, 0.6) is 5.75 Å². The Kier molecular flexibility index (Phi) is 7.06. The van der Waals surface area contributed by atoms with E-state index in [0.29, 0.717) is 12.5 Å². The van der Waals surface area contributed by atoms with E-state index in [-0.39, 0.29) is 5.91 Å². The average molecular weight is 384 g/mol. The van der Waals surface area contributed by atoms with E-state index >= 15 is 0 Å². The zero-order chi connectivity index (χ0) is 19.9. The molecule has 0 aromatic heterocycles. The molecule has 0 aliphatic carbocycles. The summed E-state index contributed by atoms with van der Waals surface area (Å²) < 4.78 is 5.23. The van der Waals surface area contributed by atoms with Crippen LogP contribution >= 0.6 is 0 Å². The van der Waals surface area contributed by atoms with Gasteiger partial charge >= 0.3 is 0 Å². The Hall–Kier alpha value is -2.37. The molecule has 3 rings (SSSR count). The lowest BCUT2D eigenvalue weighted by Gasteiger charge is -2.29. The first-order chi connectivity index (χ1) is 13.5. The van der Waals surface area contributed by atoms with Crippen molar-refractivity contribution >= 4 is 11.6 Å². The number of ether oxygens (including phenoxy) is 1. The fourth-order valence-corrected chi connectivity index (χ4v) is 3.88. The van der Waals surface area contributed by atoms with Crippen molar-refractivity contribution < 1.29 is 19.3 Å². The van der Waals surface area contributed by atoms with Crippen molar-refractivity contribution in [2.45, 2.75) is 26.3 Å². The van der Waals surface area contributed by atoms with Crippen LogP contribution in [0.1, 0.15) is 30.9 Å². The van der Waals surface area contributed by atoms with E-state index < -0.39 is 0 Å². The molecule has 0 unspecified atom stereocenters. The zero-order valence-corrected chi connectivity index (χ0v) is 17.3. The normalized spacial score (nSPS) is 19.4. The minimum absolute atomic E-state index is 0.113. The van der Waals surface area contributed by atoms with Crippen LogP contribution in [0.15, 0.2) is 48.5 Å². The lowest BCUT2D eigenvalue weighted by molar-refractivity contribution is -1.02. The number of quaternary nitrogens is 2. The fourth-order valence-electron chi connectivity index (χ4n) is 3.88. The van der Waals surface area contributed by atoms with Gasteiger partial charge in [0, 0.05) is 11.3 Å². The molecule has 0 bridgehead atoms. The monoisotopic (exact) mass is 383 g/mol. The maximum atomic E-state index is 12.5. The molecule has 1 aliphatic heterocycles. The summed E-state index contributed by atoms with van der Waals surface area (Å²) >= 11 is 0. The molecule has 1 amide bonds. The molecule has 2 aromatic rings. The molecule has 0 radical (unpaired) electrons. The zero-order valence-electron chi connectivity index (χ0n) is 17.3. The summed E-state index contributed by atoms with van der Waals surface area (Å²) in [5.74, 6) is 1.41. The lowest BCUT2D eigenvalue weighted by Crippen LogP contribution is -3.28. The molecule has 3 N–H and O–H groups in total. The number of nitrogens with one attached hydrogen (secondary N) is 3. The van der Waals surface area contributed by atoms with Gasteiger partial charge < -0.3 is 19.9 Å². The number of benzene rings is 2. The van der Waals surface area contributed by atoms with E-state index in [9.17, 15) is 4.79 Å². The van der Waals surface area contributed by atoms with Gasteiger partial charge in [-0.2, -0.15) is 0 Å². The van der Waals surface area contributed by atoms with Crippen LogP contribution in [0.3, 0.4) is 0 Å². The number of piperazine rings is 1. The topological polar surface area (TPSA) is 47.2 Å². The summed E-state index contributed by atoms with van der Waals surface area (Å²) in [6.07, 6.45) is 0. The molecule has 1 aliphatic rings. The van der Waals surface area contributed by atoms with Crippen LogP contribution in [0.25, 0.3) is 0 Å². The van der Waals surface area contributed by atoms with E-state index in [1.165, 1.54) is 16.0 Å². The van der Waals surface area contributed by atoms with Gasteiger partial charge in [-0.3, -0.25) is 4.79 Å². The SMILES string of the molecule is COc1ccc(C[NH+]2CC[NH+](CC(=O)Nc3ccccc3C(C)C)CC2)cc1. The lowest BCUT2D eigenvalue weighted by atomic mass is 10.0. The summed E-state index contributed by atoms with van der Waals surface area (Å²) in [5, 5.41) is 3.12. The molecule has 5 heteroatoms. The fraction of sp³-hybridized carbons (Fsp3) is 0.435. The number of para-hydroxylation sites is 1. The quantitative estimate of drug-likeness (QED) is 0.661. The second-order valence-electron chi connectivity index (χ2n) is 7.99. The van der Waals surface area contributed by atoms with Gasteiger partial charge in [-0.1, -0.05) is 32.0 Å². The van der Waals surface area contributed by atoms with Gasteiger partial charge in [0.05, 0.1) is 7.11 Å². The number of anilines is 1. The van der Waals surface area contributed by atoms with Crippen LogP contribution in [-0.2, 0) is 11.3 Å². The van der Waals surface area contributed by atoms with Crippen molar-refractivity contribution in [1.29, 1.82) is 0 Å². The van der Waals surface area contributed by atoms with E-state index in [4.69, 9.17) is 4.74 Å². The van der Waals surface area contributed by atoms with Crippen molar-refractivity contribution in [3.8, 4) is 5.75 Å². The number of amides is 1. The van der Waals surface area contributed by atoms with E-state index in [0.717, 1.165) is 44.2 Å². The minimum atomic E-state index is 0.113. The van der Waals surface area contributed by atoms with Crippen molar-refractivity contribution in [1.82, 2.24) is 0 Å². The Morgan fingerprint density at radius 2 is 1.64 bits per heavy atom. The van der Waals surface area contributed by atoms with Gasteiger partial charge in [-0.05, 0) is 41.8 Å². The number of hydrogen-bond donors (Lipinski definition) is 3. The molecule has 0 spiro atoms. The van der Waals surface area contributed by atoms with E-state index in [1.807, 2.05) is 30.3 Å². The molecule has 150 valence electrons. The highest BCUT2D eigenvalue weighted by molar-refractivity contribution is 5.92. The first kappa shape index (κ1) is 20.4. The Bertz CT molecular complexity index is 766. The van der Waals surface area contributed by atoms with Gasteiger partial charge in [0.2, 0.25) is 0 Å². The second kappa shape index (κ2) is 9.71. The van der Waals surface area contributed by atoms with Gasteiger partial charge in [0.25, 0.3) is 5.91 Å². The molecule has 2 aromatic carbocycles. The minimum Gasteiger partial charge on any atom is -0.497 e. The van der Waals surface area contributed by atoms with Gasteiger partial charge in [0.1, 0.15) is 38.5 Å². The number of rotatable bonds is 7. The Morgan fingerprint density at radius 1 is 1.00 bits per heavy atom. The highest BCUT2D eigenvalue weighted by Gasteiger charge is 2.25. The molecule has 0 saturated carbocycles. The van der Waals surface area contributed by atoms with Gasteiger partial charge in [0.15, 0.2) is 6.54 Å². The second-order valence-corrected chi connectivity index (χ2v) is 7.99. The summed E-state index contributed by atoms with van der Waals surface area (Å²) in [5.41, 5.74) is 3.48. The first-order valence-electron chi connectivity index (χ1n) is 10.2. The van der Waals surface area contributed by atoms with Crippen molar-refractivity contribution in [3.05, 3.63) is 59.7 Å². The largest absolute Gasteiger partial charge is 0.497 e. The van der Waals surface area contributed by atoms with E-state index in [2.05, 4.69) is 37.4 Å². The summed E-state index contributed by atoms with van der Waals surface area (Å²) in [6.45, 7) is 10.1. The van der Waals surface area contributed by atoms with Crippen molar-refractivity contribution in [2.75, 3.05) is 45.2 Å². The Labute approximate surface area is 168 Å².